The van der Waals surface area contributed by atoms with Crippen LogP contribution >= 0.6 is 12.2 Å². The lowest BCUT2D eigenvalue weighted by molar-refractivity contribution is 0.0600. The maximum atomic E-state index is 12.6. The van der Waals surface area contributed by atoms with Crippen LogP contribution in [-0.4, -0.2) is 34.5 Å². The van der Waals surface area contributed by atoms with E-state index in [0.29, 0.717) is 27.9 Å². The SMILES string of the molecule is COC(=O)c1ccccc1-n1cccc1[C@H]1[C@@H](c2ccccn2)NC(=S)N1c1ccc2c(c1)OCO2. The average Bonchev–Trinajstić information content (AvgIpc) is 3.66. The summed E-state index contributed by atoms with van der Waals surface area (Å²) in [5, 5.41) is 4.03. The topological polar surface area (TPSA) is 77.9 Å². The number of fused-ring (bicyclic) bond motifs is 1. The second kappa shape index (κ2) is 9.01. The van der Waals surface area contributed by atoms with Crippen LogP contribution in [0.3, 0.4) is 0 Å². The number of carbonyl (C=O) groups excluding carboxylic acids is 1. The Hall–Kier alpha value is -4.37. The molecule has 0 bridgehead atoms. The molecule has 180 valence electrons. The van der Waals surface area contributed by atoms with E-state index in [-0.39, 0.29) is 18.9 Å². The zero-order chi connectivity index (χ0) is 24.6. The molecule has 2 atom stereocenters. The first-order valence-electron chi connectivity index (χ1n) is 11.4. The van der Waals surface area contributed by atoms with Gasteiger partial charge < -0.3 is 29.0 Å². The fraction of sp³-hybridized carbons (Fsp3) is 0.148. The Morgan fingerprint density at radius 3 is 2.72 bits per heavy atom. The highest BCUT2D eigenvalue weighted by atomic mass is 32.1. The van der Waals surface area contributed by atoms with Crippen LogP contribution in [0.4, 0.5) is 5.69 Å². The zero-order valence-electron chi connectivity index (χ0n) is 19.3. The number of nitrogens with zero attached hydrogens (tertiary/aromatic N) is 3. The van der Waals surface area contributed by atoms with Gasteiger partial charge in [-0.3, -0.25) is 4.98 Å². The van der Waals surface area contributed by atoms with Gasteiger partial charge in [0.2, 0.25) is 6.79 Å². The monoisotopic (exact) mass is 498 g/mol. The molecule has 4 aromatic rings. The van der Waals surface area contributed by atoms with Gasteiger partial charge in [-0.15, -0.1) is 0 Å². The number of thiocarbonyl (C=S) groups is 1. The van der Waals surface area contributed by atoms with Crippen LogP contribution in [0.1, 0.15) is 33.8 Å². The number of esters is 1. The smallest absolute Gasteiger partial charge is 0.339 e. The Morgan fingerprint density at radius 1 is 1.06 bits per heavy atom. The number of aromatic nitrogens is 2. The van der Waals surface area contributed by atoms with Crippen LogP contribution in [0.5, 0.6) is 11.5 Å². The van der Waals surface area contributed by atoms with Crippen LogP contribution in [0.25, 0.3) is 5.69 Å². The summed E-state index contributed by atoms with van der Waals surface area (Å²) in [6.07, 6.45) is 3.71. The molecule has 0 spiro atoms. The predicted molar refractivity (Wildman–Crippen MR) is 138 cm³/mol. The second-order valence-electron chi connectivity index (χ2n) is 8.35. The van der Waals surface area contributed by atoms with Crippen molar-refractivity contribution in [2.24, 2.45) is 0 Å². The number of ether oxygens (including phenoxy) is 3. The van der Waals surface area contributed by atoms with Crippen molar-refractivity contribution in [2.75, 3.05) is 18.8 Å². The van der Waals surface area contributed by atoms with Gasteiger partial charge in [0.15, 0.2) is 16.6 Å². The molecule has 0 unspecified atom stereocenters. The predicted octanol–water partition coefficient (Wildman–Crippen LogP) is 4.56. The highest BCUT2D eigenvalue weighted by Crippen LogP contribution is 2.45. The molecule has 1 fully saturated rings. The number of hydrogen-bond acceptors (Lipinski definition) is 6. The third-order valence-corrected chi connectivity index (χ3v) is 6.70. The van der Waals surface area contributed by atoms with Crippen molar-refractivity contribution in [2.45, 2.75) is 12.1 Å². The molecule has 8 nitrogen and oxygen atoms in total. The number of anilines is 1. The van der Waals surface area contributed by atoms with Crippen LogP contribution in [-0.2, 0) is 4.74 Å². The van der Waals surface area contributed by atoms with Gasteiger partial charge >= 0.3 is 5.97 Å². The third-order valence-electron chi connectivity index (χ3n) is 6.38. The van der Waals surface area contributed by atoms with Gasteiger partial charge in [-0.25, -0.2) is 4.79 Å². The molecular formula is C27H22N4O4S. The van der Waals surface area contributed by atoms with Crippen LogP contribution in [0.2, 0.25) is 0 Å². The first kappa shape index (κ1) is 22.1. The van der Waals surface area contributed by atoms with Crippen molar-refractivity contribution in [3.63, 3.8) is 0 Å². The fourth-order valence-corrected chi connectivity index (χ4v) is 5.14. The van der Waals surface area contributed by atoms with Gasteiger partial charge in [-0.1, -0.05) is 18.2 Å². The number of pyridine rings is 1. The molecule has 4 heterocycles. The number of carbonyl (C=O) groups is 1. The van der Waals surface area contributed by atoms with E-state index in [1.165, 1.54) is 7.11 Å². The lowest BCUT2D eigenvalue weighted by Gasteiger charge is -2.29. The van der Waals surface area contributed by atoms with Gasteiger partial charge in [0.25, 0.3) is 0 Å². The molecule has 2 aromatic carbocycles. The Balaban J connectivity index is 1.52. The average molecular weight is 499 g/mol. The highest BCUT2D eigenvalue weighted by Gasteiger charge is 2.42. The van der Waals surface area contributed by atoms with E-state index in [1.807, 2.05) is 77.5 Å². The Kier molecular flexibility index (Phi) is 5.54. The highest BCUT2D eigenvalue weighted by molar-refractivity contribution is 7.80. The van der Waals surface area contributed by atoms with Crippen molar-refractivity contribution in [1.29, 1.82) is 0 Å². The number of para-hydroxylation sites is 1. The number of rotatable bonds is 5. The minimum Gasteiger partial charge on any atom is -0.465 e. The minimum absolute atomic E-state index is 0.189. The van der Waals surface area contributed by atoms with Gasteiger partial charge in [-0.2, -0.15) is 0 Å². The molecule has 2 aliphatic heterocycles. The van der Waals surface area contributed by atoms with Crippen molar-refractivity contribution in [3.05, 3.63) is 102 Å². The van der Waals surface area contributed by atoms with Crippen molar-refractivity contribution < 1.29 is 19.0 Å². The van der Waals surface area contributed by atoms with Gasteiger partial charge in [0.05, 0.1) is 30.1 Å². The summed E-state index contributed by atoms with van der Waals surface area (Å²) in [6.45, 7) is 0.189. The molecule has 2 aliphatic rings. The van der Waals surface area contributed by atoms with Gasteiger partial charge in [-0.05, 0) is 60.7 Å². The van der Waals surface area contributed by atoms with Crippen LogP contribution in [0.15, 0.2) is 85.2 Å². The summed E-state index contributed by atoms with van der Waals surface area (Å²) in [5.74, 6) is 0.964. The summed E-state index contributed by atoms with van der Waals surface area (Å²) < 4.78 is 18.2. The summed E-state index contributed by atoms with van der Waals surface area (Å²) in [6, 6.07) is 22.4. The number of nitrogens with one attached hydrogen (secondary N) is 1. The lowest BCUT2D eigenvalue weighted by atomic mass is 10.0. The Labute approximate surface area is 213 Å². The Morgan fingerprint density at radius 2 is 1.89 bits per heavy atom. The summed E-state index contributed by atoms with van der Waals surface area (Å²) in [7, 11) is 1.38. The molecule has 36 heavy (non-hydrogen) atoms. The molecule has 6 rings (SSSR count). The molecule has 1 N–H and O–H groups in total. The molecule has 9 heteroatoms. The van der Waals surface area contributed by atoms with Crippen molar-refractivity contribution in [3.8, 4) is 17.2 Å². The van der Waals surface area contributed by atoms with Crippen molar-refractivity contribution >= 4 is 29.0 Å². The molecule has 1 saturated heterocycles. The molecule has 0 saturated carbocycles. The summed E-state index contributed by atoms with van der Waals surface area (Å²) in [5.41, 5.74) is 3.81. The van der Waals surface area contributed by atoms with Crippen LogP contribution < -0.4 is 19.7 Å². The van der Waals surface area contributed by atoms with E-state index in [1.54, 1.807) is 12.3 Å². The normalized spacial score (nSPS) is 18.2. The first-order chi connectivity index (χ1) is 17.7. The number of hydrogen-bond donors (Lipinski definition) is 1. The van der Waals surface area contributed by atoms with E-state index in [0.717, 1.165) is 17.1 Å². The van der Waals surface area contributed by atoms with E-state index in [4.69, 9.17) is 26.4 Å². The van der Waals surface area contributed by atoms with E-state index in [9.17, 15) is 4.79 Å². The largest absolute Gasteiger partial charge is 0.465 e. The van der Waals surface area contributed by atoms with E-state index in [2.05, 4.69) is 15.2 Å². The second-order valence-corrected chi connectivity index (χ2v) is 8.73. The third kappa shape index (κ3) is 3.64. The summed E-state index contributed by atoms with van der Waals surface area (Å²) >= 11 is 5.86. The van der Waals surface area contributed by atoms with Gasteiger partial charge in [0, 0.05) is 29.8 Å². The first-order valence-corrected chi connectivity index (χ1v) is 11.8. The molecule has 0 amide bonds. The molecular weight excluding hydrogens is 476 g/mol. The Bertz CT molecular complexity index is 1460. The van der Waals surface area contributed by atoms with Crippen LogP contribution in [0, 0.1) is 0 Å². The lowest BCUT2D eigenvalue weighted by Crippen LogP contribution is -2.30. The maximum Gasteiger partial charge on any atom is 0.339 e. The van der Waals surface area contributed by atoms with Gasteiger partial charge in [0.1, 0.15) is 6.04 Å². The minimum atomic E-state index is -0.403. The summed E-state index contributed by atoms with van der Waals surface area (Å²) in [4.78, 5) is 19.3. The maximum absolute atomic E-state index is 12.6. The fourth-order valence-electron chi connectivity index (χ4n) is 4.79. The van der Waals surface area contributed by atoms with E-state index < -0.39 is 5.97 Å². The molecule has 0 aliphatic carbocycles. The molecule has 2 aromatic heterocycles. The number of methoxy groups -OCH3 is 1. The zero-order valence-corrected chi connectivity index (χ0v) is 20.1. The standard InChI is InChI=1S/C27H22N4O4S/c1-33-26(32)18-7-2-3-9-20(18)30-14-6-10-21(30)25-24(19-8-4-5-13-28-19)29-27(36)31(25)17-11-12-22-23(15-17)35-16-34-22/h2-15,24-25H,16H2,1H3,(H,29,36)/t24-,25+/m1/s1. The molecule has 0 radical (unpaired) electrons. The van der Waals surface area contributed by atoms with Crippen molar-refractivity contribution in [1.82, 2.24) is 14.9 Å². The van der Waals surface area contributed by atoms with E-state index >= 15 is 0 Å². The quantitative estimate of drug-likeness (QED) is 0.317. The number of benzene rings is 2.